The molecule has 0 aliphatic rings. The monoisotopic (exact) mass is 391 g/mol. The van der Waals surface area contributed by atoms with Crippen molar-refractivity contribution in [3.63, 3.8) is 0 Å². The van der Waals surface area contributed by atoms with Crippen LogP contribution in [0.4, 0.5) is 0 Å². The zero-order valence-corrected chi connectivity index (χ0v) is 16.0. The van der Waals surface area contributed by atoms with E-state index in [9.17, 15) is 0 Å². The van der Waals surface area contributed by atoms with Crippen molar-refractivity contribution in [2.45, 2.75) is 0 Å². The van der Waals surface area contributed by atoms with Gasteiger partial charge in [0, 0.05) is 41.5 Å². The van der Waals surface area contributed by atoms with Crippen molar-refractivity contribution in [1.82, 2.24) is 15.0 Å². The van der Waals surface area contributed by atoms with Crippen LogP contribution < -0.4 is 9.47 Å². The van der Waals surface area contributed by atoms with Crippen molar-refractivity contribution < 1.29 is 9.47 Å². The van der Waals surface area contributed by atoms with E-state index in [0.29, 0.717) is 23.3 Å². The van der Waals surface area contributed by atoms with Crippen LogP contribution in [0.2, 0.25) is 0 Å². The number of hydrogen-bond acceptors (Lipinski definition) is 5. The third-order valence-electron chi connectivity index (χ3n) is 4.52. The summed E-state index contributed by atoms with van der Waals surface area (Å²) in [6.45, 7) is 0. The smallest absolute Gasteiger partial charge is 0.219 e. The summed E-state index contributed by atoms with van der Waals surface area (Å²) in [7, 11) is 0. The molecule has 0 aliphatic carbocycles. The highest BCUT2D eigenvalue weighted by atomic mass is 16.5. The first kappa shape index (κ1) is 17.8. The predicted octanol–water partition coefficient (Wildman–Crippen LogP) is 6.28. The summed E-state index contributed by atoms with van der Waals surface area (Å²) in [5, 5.41) is 1.11. The van der Waals surface area contributed by atoms with Gasteiger partial charge in [-0.2, -0.15) is 0 Å². The minimum atomic E-state index is 0.484. The van der Waals surface area contributed by atoms with Crippen LogP contribution in [0.15, 0.2) is 103 Å². The summed E-state index contributed by atoms with van der Waals surface area (Å²) in [4.78, 5) is 13.2. The predicted molar refractivity (Wildman–Crippen MR) is 116 cm³/mol. The summed E-state index contributed by atoms with van der Waals surface area (Å²) in [5.41, 5.74) is 2.76. The van der Waals surface area contributed by atoms with Crippen molar-refractivity contribution in [2.24, 2.45) is 0 Å². The Labute approximate surface area is 173 Å². The van der Waals surface area contributed by atoms with E-state index in [1.807, 2.05) is 72.8 Å². The second-order valence-electron chi connectivity index (χ2n) is 6.62. The highest BCUT2D eigenvalue weighted by molar-refractivity contribution is 5.81. The molecule has 0 radical (unpaired) electrons. The maximum absolute atomic E-state index is 5.97. The zero-order valence-electron chi connectivity index (χ0n) is 16.0. The first-order chi connectivity index (χ1) is 14.8. The highest BCUT2D eigenvalue weighted by Gasteiger charge is 2.06. The first-order valence-corrected chi connectivity index (χ1v) is 9.52. The Morgan fingerprint density at radius 2 is 1.37 bits per heavy atom. The molecule has 0 fully saturated rings. The Kier molecular flexibility index (Phi) is 4.76. The highest BCUT2D eigenvalue weighted by Crippen LogP contribution is 2.29. The molecular formula is C25H17N3O2. The number of para-hydroxylation sites is 1. The number of rotatable bonds is 5. The van der Waals surface area contributed by atoms with Crippen LogP contribution in [-0.4, -0.2) is 15.0 Å². The van der Waals surface area contributed by atoms with E-state index in [4.69, 9.17) is 14.5 Å². The molecule has 2 aromatic carbocycles. The topological polar surface area (TPSA) is 57.1 Å². The molecule has 3 heterocycles. The fraction of sp³-hybridized carbons (Fsp3) is 0. The van der Waals surface area contributed by atoms with Crippen LogP contribution in [0, 0.1) is 0 Å². The molecule has 0 saturated carbocycles. The lowest BCUT2D eigenvalue weighted by atomic mass is 10.1. The molecule has 0 unspecified atom stereocenters. The number of aromatic nitrogens is 3. The average Bonchev–Trinajstić information content (AvgIpc) is 2.80. The average molecular weight is 391 g/mol. The molecule has 144 valence electrons. The molecule has 0 aliphatic heterocycles. The van der Waals surface area contributed by atoms with Crippen LogP contribution in [-0.2, 0) is 0 Å². The van der Waals surface area contributed by atoms with Crippen LogP contribution in [0.25, 0.3) is 22.2 Å². The Morgan fingerprint density at radius 1 is 0.567 bits per heavy atom. The van der Waals surface area contributed by atoms with Gasteiger partial charge in [0.15, 0.2) is 0 Å². The summed E-state index contributed by atoms with van der Waals surface area (Å²) in [5.74, 6) is 2.27. The van der Waals surface area contributed by atoms with Crippen molar-refractivity contribution >= 4 is 10.9 Å². The van der Waals surface area contributed by atoms with Gasteiger partial charge in [-0.15, -0.1) is 0 Å². The molecule has 3 aromatic heterocycles. The summed E-state index contributed by atoms with van der Waals surface area (Å²) in [6, 6.07) is 28.8. The normalized spacial score (nSPS) is 10.7. The quantitative estimate of drug-likeness (QED) is 0.353. The second kappa shape index (κ2) is 8.01. The van der Waals surface area contributed by atoms with E-state index in [0.717, 1.165) is 22.2 Å². The fourth-order valence-electron chi connectivity index (χ4n) is 3.10. The van der Waals surface area contributed by atoms with Crippen LogP contribution in [0.3, 0.4) is 0 Å². The number of fused-ring (bicyclic) bond motifs is 1. The molecule has 30 heavy (non-hydrogen) atoms. The maximum atomic E-state index is 5.97. The van der Waals surface area contributed by atoms with Crippen LogP contribution in [0.1, 0.15) is 0 Å². The molecule has 0 amide bonds. The molecule has 5 aromatic rings. The van der Waals surface area contributed by atoms with Crippen molar-refractivity contribution in [3.8, 4) is 34.5 Å². The van der Waals surface area contributed by atoms with E-state index in [-0.39, 0.29) is 0 Å². The third kappa shape index (κ3) is 3.95. The van der Waals surface area contributed by atoms with E-state index in [1.54, 1.807) is 24.5 Å². The molecule has 0 bridgehead atoms. The lowest BCUT2D eigenvalue weighted by Gasteiger charge is -2.09. The van der Waals surface area contributed by atoms with Gasteiger partial charge in [-0.1, -0.05) is 36.4 Å². The number of pyridine rings is 3. The van der Waals surface area contributed by atoms with E-state index < -0.39 is 0 Å². The Hall–Kier alpha value is -4.25. The van der Waals surface area contributed by atoms with Gasteiger partial charge in [0.25, 0.3) is 0 Å². The van der Waals surface area contributed by atoms with Gasteiger partial charge in [-0.05, 0) is 36.4 Å². The fourth-order valence-corrected chi connectivity index (χ4v) is 3.10. The minimum Gasteiger partial charge on any atom is -0.439 e. The summed E-state index contributed by atoms with van der Waals surface area (Å²) >= 11 is 0. The number of ether oxygens (including phenoxy) is 2. The molecule has 0 saturated heterocycles. The molecule has 0 atom stereocenters. The summed E-state index contributed by atoms with van der Waals surface area (Å²) in [6.07, 6.45) is 3.40. The van der Waals surface area contributed by atoms with E-state index >= 15 is 0 Å². The minimum absolute atomic E-state index is 0.484. The van der Waals surface area contributed by atoms with Gasteiger partial charge >= 0.3 is 0 Å². The Bertz CT molecular complexity index is 1310. The standard InChI is InChI=1S/C25H17N3O2/c1-2-9-22-18(6-1)11-12-23(28-22)19-13-15-27-25(16-19)30-21-8-5-7-20(17-21)29-24-10-3-4-14-26-24/h1-17H. The lowest BCUT2D eigenvalue weighted by molar-refractivity contribution is 0.442. The van der Waals surface area contributed by atoms with Gasteiger partial charge in [-0.25, -0.2) is 15.0 Å². The van der Waals surface area contributed by atoms with E-state index in [2.05, 4.69) is 16.0 Å². The molecule has 0 N–H and O–H groups in total. The molecule has 5 heteroatoms. The molecule has 5 nitrogen and oxygen atoms in total. The van der Waals surface area contributed by atoms with Crippen molar-refractivity contribution in [2.75, 3.05) is 0 Å². The number of hydrogen-bond donors (Lipinski definition) is 0. The molecule has 0 spiro atoms. The van der Waals surface area contributed by atoms with Gasteiger partial charge < -0.3 is 9.47 Å². The Morgan fingerprint density at radius 3 is 2.23 bits per heavy atom. The number of nitrogens with zero attached hydrogens (tertiary/aromatic N) is 3. The first-order valence-electron chi connectivity index (χ1n) is 9.52. The largest absolute Gasteiger partial charge is 0.439 e. The Balaban J connectivity index is 1.38. The van der Waals surface area contributed by atoms with Gasteiger partial charge in [0.2, 0.25) is 11.8 Å². The van der Waals surface area contributed by atoms with Crippen molar-refractivity contribution in [3.05, 3.63) is 103 Å². The van der Waals surface area contributed by atoms with Crippen LogP contribution >= 0.6 is 0 Å². The third-order valence-corrected chi connectivity index (χ3v) is 4.52. The molecular weight excluding hydrogens is 374 g/mol. The lowest BCUT2D eigenvalue weighted by Crippen LogP contribution is -1.91. The van der Waals surface area contributed by atoms with Crippen molar-refractivity contribution in [1.29, 1.82) is 0 Å². The molecule has 5 rings (SSSR count). The second-order valence-corrected chi connectivity index (χ2v) is 6.62. The zero-order chi connectivity index (χ0) is 20.2. The van der Waals surface area contributed by atoms with Gasteiger partial charge in [-0.3, -0.25) is 0 Å². The number of benzene rings is 2. The maximum Gasteiger partial charge on any atom is 0.219 e. The van der Waals surface area contributed by atoms with Gasteiger partial charge in [0.05, 0.1) is 11.2 Å². The van der Waals surface area contributed by atoms with Gasteiger partial charge in [0.1, 0.15) is 11.5 Å². The van der Waals surface area contributed by atoms with E-state index in [1.165, 1.54) is 0 Å². The SMILES string of the molecule is c1ccc(Oc2cccc(Oc3cc(-c4ccc5ccccc5n4)ccn3)c2)nc1. The van der Waals surface area contributed by atoms with Crippen LogP contribution in [0.5, 0.6) is 23.3 Å². The summed E-state index contributed by atoms with van der Waals surface area (Å²) < 4.78 is 11.7.